The Balaban J connectivity index is 1.97. The van der Waals surface area contributed by atoms with Gasteiger partial charge in [0.05, 0.1) is 6.61 Å². The van der Waals surface area contributed by atoms with Gasteiger partial charge in [0.1, 0.15) is 5.82 Å². The molecule has 1 N–H and O–H groups in total. The van der Waals surface area contributed by atoms with Crippen LogP contribution in [-0.2, 0) is 0 Å². The van der Waals surface area contributed by atoms with E-state index in [2.05, 4.69) is 19.9 Å². The van der Waals surface area contributed by atoms with E-state index in [4.69, 9.17) is 0 Å². The number of aliphatic hydroxyl groups is 1. The lowest BCUT2D eigenvalue weighted by molar-refractivity contribution is 0.301. The second-order valence-corrected chi connectivity index (χ2v) is 5.08. The third kappa shape index (κ3) is 2.77. The van der Waals surface area contributed by atoms with Crippen molar-refractivity contribution in [3.63, 3.8) is 0 Å². The second-order valence-electron chi connectivity index (χ2n) is 5.08. The van der Waals surface area contributed by atoms with Crippen LogP contribution in [0.2, 0.25) is 0 Å². The molecule has 1 aliphatic rings. The van der Waals surface area contributed by atoms with E-state index in [1.807, 2.05) is 25.1 Å². The molecule has 0 aromatic carbocycles. The number of nitrogens with zero attached hydrogens (tertiary/aromatic N) is 4. The van der Waals surface area contributed by atoms with Crippen LogP contribution in [-0.4, -0.2) is 39.3 Å². The number of aromatic nitrogens is 3. The first-order valence-corrected chi connectivity index (χ1v) is 6.91. The average Bonchev–Trinajstić information content (AvgIpc) is 3.29. The van der Waals surface area contributed by atoms with Crippen molar-refractivity contribution in [2.24, 2.45) is 0 Å². The maximum absolute atomic E-state index is 9.24. The smallest absolute Gasteiger partial charge is 0.163 e. The molecule has 0 aliphatic heterocycles. The highest BCUT2D eigenvalue weighted by molar-refractivity contribution is 5.57. The van der Waals surface area contributed by atoms with E-state index in [9.17, 15) is 5.11 Å². The SMILES string of the molecule is Cc1cc(N(CCO)C2CC2)nc(-c2cccnc2)n1. The zero-order chi connectivity index (χ0) is 13.9. The van der Waals surface area contributed by atoms with Crippen LogP contribution in [0.1, 0.15) is 18.5 Å². The molecule has 0 saturated heterocycles. The fourth-order valence-electron chi connectivity index (χ4n) is 2.30. The van der Waals surface area contributed by atoms with Gasteiger partial charge < -0.3 is 10.0 Å². The number of aryl methyl sites for hydroxylation is 1. The molecule has 2 heterocycles. The molecule has 1 aliphatic carbocycles. The van der Waals surface area contributed by atoms with Gasteiger partial charge in [-0.1, -0.05) is 0 Å². The molecular formula is C15H18N4O. The van der Waals surface area contributed by atoms with Crippen LogP contribution >= 0.6 is 0 Å². The van der Waals surface area contributed by atoms with Crippen molar-refractivity contribution in [3.05, 3.63) is 36.3 Å². The molecule has 2 aromatic heterocycles. The highest BCUT2D eigenvalue weighted by Gasteiger charge is 2.30. The third-order valence-electron chi connectivity index (χ3n) is 3.38. The fourth-order valence-corrected chi connectivity index (χ4v) is 2.30. The molecule has 3 rings (SSSR count). The number of anilines is 1. The maximum Gasteiger partial charge on any atom is 0.163 e. The lowest BCUT2D eigenvalue weighted by Gasteiger charge is -2.23. The monoisotopic (exact) mass is 270 g/mol. The molecule has 20 heavy (non-hydrogen) atoms. The molecule has 5 nitrogen and oxygen atoms in total. The lowest BCUT2D eigenvalue weighted by atomic mass is 10.2. The van der Waals surface area contributed by atoms with Crippen molar-refractivity contribution in [3.8, 4) is 11.4 Å². The van der Waals surface area contributed by atoms with Gasteiger partial charge in [0.2, 0.25) is 0 Å². The Morgan fingerprint density at radius 3 is 2.85 bits per heavy atom. The van der Waals surface area contributed by atoms with Crippen LogP contribution in [0.4, 0.5) is 5.82 Å². The summed E-state index contributed by atoms with van der Waals surface area (Å²) < 4.78 is 0. The first kappa shape index (κ1) is 13.0. The first-order valence-electron chi connectivity index (χ1n) is 6.91. The van der Waals surface area contributed by atoms with Gasteiger partial charge in [-0.3, -0.25) is 4.98 Å². The largest absolute Gasteiger partial charge is 0.395 e. The molecular weight excluding hydrogens is 252 g/mol. The van der Waals surface area contributed by atoms with Gasteiger partial charge in [0.25, 0.3) is 0 Å². The molecule has 2 aromatic rings. The van der Waals surface area contributed by atoms with Gasteiger partial charge >= 0.3 is 0 Å². The Morgan fingerprint density at radius 1 is 1.35 bits per heavy atom. The number of rotatable bonds is 5. The standard InChI is InChI=1S/C15H18N4O/c1-11-9-14(19(7-8-20)13-4-5-13)18-15(17-11)12-3-2-6-16-10-12/h2-3,6,9-10,13,20H,4-5,7-8H2,1H3. The molecule has 0 radical (unpaired) electrons. The number of hydrogen-bond acceptors (Lipinski definition) is 5. The van der Waals surface area contributed by atoms with Crippen molar-refractivity contribution < 1.29 is 5.11 Å². The molecule has 0 atom stereocenters. The van der Waals surface area contributed by atoms with Crippen LogP contribution < -0.4 is 4.90 Å². The lowest BCUT2D eigenvalue weighted by Crippen LogP contribution is -2.30. The van der Waals surface area contributed by atoms with E-state index in [0.29, 0.717) is 18.4 Å². The van der Waals surface area contributed by atoms with Gasteiger partial charge in [0, 0.05) is 42.3 Å². The van der Waals surface area contributed by atoms with Gasteiger partial charge in [-0.15, -0.1) is 0 Å². The Labute approximate surface area is 118 Å². The topological polar surface area (TPSA) is 62.1 Å². The maximum atomic E-state index is 9.24. The van der Waals surface area contributed by atoms with Gasteiger partial charge in [-0.05, 0) is 31.9 Å². The van der Waals surface area contributed by atoms with Crippen LogP contribution in [0.3, 0.4) is 0 Å². The summed E-state index contributed by atoms with van der Waals surface area (Å²) in [4.78, 5) is 15.4. The van der Waals surface area contributed by atoms with Crippen molar-refractivity contribution in [1.82, 2.24) is 15.0 Å². The zero-order valence-corrected chi connectivity index (χ0v) is 11.5. The summed E-state index contributed by atoms with van der Waals surface area (Å²) in [6.45, 7) is 2.73. The third-order valence-corrected chi connectivity index (χ3v) is 3.38. The van der Waals surface area contributed by atoms with E-state index in [1.54, 1.807) is 12.4 Å². The van der Waals surface area contributed by atoms with E-state index in [1.165, 1.54) is 12.8 Å². The van der Waals surface area contributed by atoms with E-state index >= 15 is 0 Å². The molecule has 5 heteroatoms. The Morgan fingerprint density at radius 2 is 2.20 bits per heavy atom. The molecule has 0 bridgehead atoms. The van der Waals surface area contributed by atoms with Gasteiger partial charge in [-0.25, -0.2) is 9.97 Å². The molecule has 0 amide bonds. The second kappa shape index (κ2) is 5.54. The summed E-state index contributed by atoms with van der Waals surface area (Å²) in [5.74, 6) is 1.59. The zero-order valence-electron chi connectivity index (χ0n) is 11.5. The fraction of sp³-hybridized carbons (Fsp3) is 0.400. The Bertz CT molecular complexity index is 584. The van der Waals surface area contributed by atoms with E-state index in [0.717, 1.165) is 17.1 Å². The number of pyridine rings is 1. The normalized spacial score (nSPS) is 14.3. The number of hydrogen-bond donors (Lipinski definition) is 1. The van der Waals surface area contributed by atoms with Crippen LogP contribution in [0.25, 0.3) is 11.4 Å². The van der Waals surface area contributed by atoms with Gasteiger partial charge in [-0.2, -0.15) is 0 Å². The van der Waals surface area contributed by atoms with Crippen LogP contribution in [0.5, 0.6) is 0 Å². The summed E-state index contributed by atoms with van der Waals surface area (Å²) in [5.41, 5.74) is 1.84. The predicted molar refractivity (Wildman–Crippen MR) is 77.5 cm³/mol. The summed E-state index contributed by atoms with van der Waals surface area (Å²) in [6, 6.07) is 6.33. The molecule has 1 saturated carbocycles. The molecule has 0 unspecified atom stereocenters. The molecule has 104 valence electrons. The van der Waals surface area contributed by atoms with Gasteiger partial charge in [0.15, 0.2) is 5.82 Å². The molecule has 1 fully saturated rings. The summed E-state index contributed by atoms with van der Waals surface area (Å²) in [5, 5.41) is 9.24. The van der Waals surface area contributed by atoms with Crippen LogP contribution in [0, 0.1) is 6.92 Å². The van der Waals surface area contributed by atoms with E-state index in [-0.39, 0.29) is 6.61 Å². The first-order chi connectivity index (χ1) is 9.78. The highest BCUT2D eigenvalue weighted by Crippen LogP contribution is 2.31. The Kier molecular flexibility index (Phi) is 3.60. The number of aliphatic hydroxyl groups excluding tert-OH is 1. The summed E-state index contributed by atoms with van der Waals surface area (Å²) in [6.07, 6.45) is 5.85. The van der Waals surface area contributed by atoms with Crippen molar-refractivity contribution in [2.45, 2.75) is 25.8 Å². The summed E-state index contributed by atoms with van der Waals surface area (Å²) in [7, 11) is 0. The minimum absolute atomic E-state index is 0.141. The minimum Gasteiger partial charge on any atom is -0.395 e. The quantitative estimate of drug-likeness (QED) is 0.897. The van der Waals surface area contributed by atoms with Crippen molar-refractivity contribution in [2.75, 3.05) is 18.1 Å². The predicted octanol–water partition coefficient (Wildman–Crippen LogP) is 1.81. The Hall–Kier alpha value is -2.01. The summed E-state index contributed by atoms with van der Waals surface area (Å²) >= 11 is 0. The van der Waals surface area contributed by atoms with Crippen molar-refractivity contribution >= 4 is 5.82 Å². The van der Waals surface area contributed by atoms with E-state index < -0.39 is 0 Å². The molecule has 0 spiro atoms. The highest BCUT2D eigenvalue weighted by atomic mass is 16.3. The minimum atomic E-state index is 0.141. The van der Waals surface area contributed by atoms with Crippen molar-refractivity contribution in [1.29, 1.82) is 0 Å². The average molecular weight is 270 g/mol. The van der Waals surface area contributed by atoms with Crippen LogP contribution in [0.15, 0.2) is 30.6 Å².